The maximum absolute atomic E-state index is 12.2. The van der Waals surface area contributed by atoms with Crippen LogP contribution in [0.4, 0.5) is 0 Å². The van der Waals surface area contributed by atoms with Crippen molar-refractivity contribution >= 4 is 17.8 Å². The van der Waals surface area contributed by atoms with Gasteiger partial charge >= 0.3 is 0 Å². The summed E-state index contributed by atoms with van der Waals surface area (Å²) in [5.74, 6) is -0.997. The van der Waals surface area contributed by atoms with Crippen LogP contribution < -0.4 is 0 Å². The predicted octanol–water partition coefficient (Wildman–Crippen LogP) is 1.08. The van der Waals surface area contributed by atoms with E-state index >= 15 is 0 Å². The average Bonchev–Trinajstić information content (AvgIpc) is 2.77. The van der Waals surface area contributed by atoms with Crippen LogP contribution in [0, 0.1) is 5.92 Å². The standard InChI is InChI=1S/C16H18N2O3/c19-15-12-3-1-2-4-13(12)16(20)14(15)11-17-5-6-18-7-9-21-10-8-18/h1-4,11,14H,5-10H2. The number of hydrogen-bond acceptors (Lipinski definition) is 5. The van der Waals surface area contributed by atoms with Gasteiger partial charge in [0.2, 0.25) is 0 Å². The zero-order valence-corrected chi connectivity index (χ0v) is 11.8. The second-order valence-corrected chi connectivity index (χ2v) is 5.26. The Morgan fingerprint density at radius 2 is 1.76 bits per heavy atom. The summed E-state index contributed by atoms with van der Waals surface area (Å²) in [4.78, 5) is 30.9. The molecule has 1 aromatic carbocycles. The van der Waals surface area contributed by atoms with Crippen LogP contribution >= 0.6 is 0 Å². The fourth-order valence-electron chi connectivity index (χ4n) is 2.71. The minimum absolute atomic E-state index is 0.134. The van der Waals surface area contributed by atoms with Crippen LogP contribution in [0.1, 0.15) is 20.7 Å². The molecule has 21 heavy (non-hydrogen) atoms. The Balaban J connectivity index is 1.57. The Morgan fingerprint density at radius 3 is 2.38 bits per heavy atom. The molecule has 5 nitrogen and oxygen atoms in total. The number of fused-ring (bicyclic) bond motifs is 1. The number of benzene rings is 1. The van der Waals surface area contributed by atoms with Crippen LogP contribution in [0.25, 0.3) is 0 Å². The zero-order valence-electron chi connectivity index (χ0n) is 11.8. The summed E-state index contributed by atoms with van der Waals surface area (Å²) < 4.78 is 5.28. The fraction of sp³-hybridized carbons (Fsp3) is 0.438. The summed E-state index contributed by atoms with van der Waals surface area (Å²) in [5.41, 5.74) is 1.04. The molecule has 3 rings (SSSR count). The molecule has 0 bridgehead atoms. The third-order valence-electron chi connectivity index (χ3n) is 3.93. The van der Waals surface area contributed by atoms with Crippen LogP contribution in [0.2, 0.25) is 0 Å². The van der Waals surface area contributed by atoms with E-state index in [2.05, 4.69) is 9.89 Å². The van der Waals surface area contributed by atoms with E-state index in [1.165, 1.54) is 6.21 Å². The van der Waals surface area contributed by atoms with Crippen LogP contribution in [-0.2, 0) is 4.74 Å². The second-order valence-electron chi connectivity index (χ2n) is 5.26. The van der Waals surface area contributed by atoms with E-state index in [4.69, 9.17) is 4.74 Å². The number of morpholine rings is 1. The quantitative estimate of drug-likeness (QED) is 0.614. The van der Waals surface area contributed by atoms with Gasteiger partial charge in [0.25, 0.3) is 0 Å². The molecule has 1 aliphatic carbocycles. The molecule has 1 aliphatic heterocycles. The monoisotopic (exact) mass is 286 g/mol. The van der Waals surface area contributed by atoms with Gasteiger partial charge in [0.1, 0.15) is 5.92 Å². The number of carbonyl (C=O) groups excluding carboxylic acids is 2. The average molecular weight is 286 g/mol. The van der Waals surface area contributed by atoms with Gasteiger partial charge in [-0.2, -0.15) is 0 Å². The van der Waals surface area contributed by atoms with Crippen molar-refractivity contribution < 1.29 is 14.3 Å². The first-order valence-corrected chi connectivity index (χ1v) is 7.25. The highest BCUT2D eigenvalue weighted by Crippen LogP contribution is 2.25. The van der Waals surface area contributed by atoms with E-state index in [1.807, 2.05) is 0 Å². The summed E-state index contributed by atoms with van der Waals surface area (Å²) >= 11 is 0. The Hall–Kier alpha value is -1.85. The summed E-state index contributed by atoms with van der Waals surface area (Å²) in [6, 6.07) is 6.97. The molecule has 0 aromatic heterocycles. The van der Waals surface area contributed by atoms with E-state index in [1.54, 1.807) is 24.3 Å². The van der Waals surface area contributed by atoms with Gasteiger partial charge in [-0.15, -0.1) is 0 Å². The Labute approximate surface area is 123 Å². The summed E-state index contributed by atoms with van der Waals surface area (Å²) in [5, 5.41) is 0. The molecular formula is C16H18N2O3. The maximum Gasteiger partial charge on any atom is 0.179 e. The highest BCUT2D eigenvalue weighted by molar-refractivity contribution is 6.33. The van der Waals surface area contributed by atoms with Crippen molar-refractivity contribution in [3.8, 4) is 0 Å². The highest BCUT2D eigenvalue weighted by atomic mass is 16.5. The van der Waals surface area contributed by atoms with Gasteiger partial charge in [-0.05, 0) is 0 Å². The molecular weight excluding hydrogens is 268 g/mol. The van der Waals surface area contributed by atoms with Crippen molar-refractivity contribution in [3.63, 3.8) is 0 Å². The van der Waals surface area contributed by atoms with E-state index in [-0.39, 0.29) is 11.6 Å². The van der Waals surface area contributed by atoms with Crippen LogP contribution in [-0.4, -0.2) is 62.1 Å². The Kier molecular flexibility index (Phi) is 4.22. The molecule has 1 heterocycles. The van der Waals surface area contributed by atoms with E-state index < -0.39 is 5.92 Å². The maximum atomic E-state index is 12.2. The number of ether oxygens (including phenoxy) is 1. The third-order valence-corrected chi connectivity index (χ3v) is 3.93. The van der Waals surface area contributed by atoms with Crippen molar-refractivity contribution in [1.29, 1.82) is 0 Å². The summed E-state index contributed by atoms with van der Waals surface area (Å²) in [6.07, 6.45) is 1.52. The normalized spacial score (nSPS) is 20.4. The predicted molar refractivity (Wildman–Crippen MR) is 79.2 cm³/mol. The highest BCUT2D eigenvalue weighted by Gasteiger charge is 2.36. The number of carbonyl (C=O) groups is 2. The van der Waals surface area contributed by atoms with Crippen molar-refractivity contribution in [2.45, 2.75) is 0 Å². The first-order chi connectivity index (χ1) is 10.3. The lowest BCUT2D eigenvalue weighted by atomic mass is 10.1. The largest absolute Gasteiger partial charge is 0.379 e. The first-order valence-electron chi connectivity index (χ1n) is 7.25. The van der Waals surface area contributed by atoms with Crippen molar-refractivity contribution in [1.82, 2.24) is 4.90 Å². The number of nitrogens with zero attached hydrogens (tertiary/aromatic N) is 2. The molecule has 1 aromatic rings. The number of aliphatic imine (C=N–C) groups is 1. The second kappa shape index (κ2) is 6.28. The molecule has 0 N–H and O–H groups in total. The van der Waals surface area contributed by atoms with Gasteiger partial charge in [0.05, 0.1) is 19.8 Å². The minimum atomic E-state index is -0.730. The molecule has 1 fully saturated rings. The number of hydrogen-bond donors (Lipinski definition) is 0. The molecule has 5 heteroatoms. The van der Waals surface area contributed by atoms with Crippen molar-refractivity contribution in [2.24, 2.45) is 10.9 Å². The fourth-order valence-corrected chi connectivity index (χ4v) is 2.71. The number of Topliss-reactive ketones (excluding diaryl/α,β-unsaturated/α-hetero) is 2. The number of ketones is 2. The summed E-state index contributed by atoms with van der Waals surface area (Å²) in [7, 11) is 0. The van der Waals surface area contributed by atoms with Crippen molar-refractivity contribution in [3.05, 3.63) is 35.4 Å². The van der Waals surface area contributed by atoms with Gasteiger partial charge < -0.3 is 4.74 Å². The van der Waals surface area contributed by atoms with Crippen LogP contribution in [0.5, 0.6) is 0 Å². The van der Waals surface area contributed by atoms with Gasteiger partial charge in [0, 0.05) is 37.0 Å². The molecule has 0 spiro atoms. The van der Waals surface area contributed by atoms with E-state index in [9.17, 15) is 9.59 Å². The van der Waals surface area contributed by atoms with Gasteiger partial charge in [-0.1, -0.05) is 24.3 Å². The van der Waals surface area contributed by atoms with Gasteiger partial charge in [-0.3, -0.25) is 19.5 Å². The van der Waals surface area contributed by atoms with Crippen molar-refractivity contribution in [2.75, 3.05) is 39.4 Å². The molecule has 0 saturated carbocycles. The van der Waals surface area contributed by atoms with Gasteiger partial charge in [-0.25, -0.2) is 0 Å². The lowest BCUT2D eigenvalue weighted by Gasteiger charge is -2.25. The van der Waals surface area contributed by atoms with Crippen LogP contribution in [0.3, 0.4) is 0 Å². The minimum Gasteiger partial charge on any atom is -0.379 e. The lowest BCUT2D eigenvalue weighted by Crippen LogP contribution is -2.37. The molecule has 1 saturated heterocycles. The zero-order chi connectivity index (χ0) is 14.7. The molecule has 0 unspecified atom stereocenters. The molecule has 0 atom stereocenters. The molecule has 0 amide bonds. The first kappa shape index (κ1) is 14.1. The molecule has 2 aliphatic rings. The lowest BCUT2D eigenvalue weighted by molar-refractivity contribution is 0.0394. The van der Waals surface area contributed by atoms with Crippen LogP contribution in [0.15, 0.2) is 29.3 Å². The molecule has 0 radical (unpaired) electrons. The molecule has 110 valence electrons. The third kappa shape index (κ3) is 2.94. The Bertz CT molecular complexity index is 542. The number of rotatable bonds is 4. The van der Waals surface area contributed by atoms with E-state index in [0.717, 1.165) is 32.8 Å². The smallest absolute Gasteiger partial charge is 0.179 e. The SMILES string of the molecule is O=C1c2ccccc2C(=O)C1C=NCCN1CCOCC1. The Morgan fingerprint density at radius 1 is 1.14 bits per heavy atom. The van der Waals surface area contributed by atoms with Gasteiger partial charge in [0.15, 0.2) is 11.6 Å². The topological polar surface area (TPSA) is 59.0 Å². The summed E-state index contributed by atoms with van der Waals surface area (Å²) in [6.45, 7) is 4.80. The van der Waals surface area contributed by atoms with E-state index in [0.29, 0.717) is 17.7 Å².